The number of nitro groups is 1. The molecule has 0 fully saturated rings. The molecule has 18 heavy (non-hydrogen) atoms. The summed E-state index contributed by atoms with van der Waals surface area (Å²) in [5, 5.41) is 21.6. The first-order chi connectivity index (χ1) is 8.52. The lowest BCUT2D eigenvalue weighted by molar-refractivity contribution is -0.384. The Balaban J connectivity index is 2.44. The Morgan fingerprint density at radius 1 is 1.50 bits per heavy atom. The Bertz CT molecular complexity index is 418. The van der Waals surface area contributed by atoms with Crippen LogP contribution in [0.1, 0.15) is 6.92 Å². The predicted molar refractivity (Wildman–Crippen MR) is 63.3 cm³/mol. The summed E-state index contributed by atoms with van der Waals surface area (Å²) in [4.78, 5) is 21.2. The zero-order valence-corrected chi connectivity index (χ0v) is 9.83. The highest BCUT2D eigenvalue weighted by molar-refractivity contribution is 5.77. The Labute approximate surface area is 104 Å². The van der Waals surface area contributed by atoms with E-state index in [1.54, 1.807) is 6.92 Å². The van der Waals surface area contributed by atoms with Crippen molar-refractivity contribution in [1.29, 1.82) is 0 Å². The molecule has 0 aromatic heterocycles. The Morgan fingerprint density at radius 3 is 2.61 bits per heavy atom. The van der Waals surface area contributed by atoms with E-state index in [9.17, 15) is 14.9 Å². The molecule has 1 atom stereocenters. The van der Waals surface area contributed by atoms with E-state index in [1.807, 2.05) is 0 Å². The quantitative estimate of drug-likeness (QED) is 0.567. The maximum Gasteiger partial charge on any atom is 0.269 e. The summed E-state index contributed by atoms with van der Waals surface area (Å²) >= 11 is 0. The van der Waals surface area contributed by atoms with E-state index in [0.717, 1.165) is 0 Å². The van der Waals surface area contributed by atoms with E-state index < -0.39 is 4.92 Å². The van der Waals surface area contributed by atoms with Crippen molar-refractivity contribution < 1.29 is 19.6 Å². The second kappa shape index (κ2) is 6.55. The number of carbonyl (C=O) groups excluding carboxylic acids is 1. The van der Waals surface area contributed by atoms with E-state index in [-0.39, 0.29) is 30.9 Å². The number of hydrogen-bond acceptors (Lipinski definition) is 5. The summed E-state index contributed by atoms with van der Waals surface area (Å²) < 4.78 is 5.13. The van der Waals surface area contributed by atoms with Gasteiger partial charge >= 0.3 is 0 Å². The molecule has 7 heteroatoms. The average molecular weight is 254 g/mol. The number of nitrogens with one attached hydrogen (secondary N) is 1. The first-order valence-corrected chi connectivity index (χ1v) is 5.30. The molecule has 0 aliphatic rings. The van der Waals surface area contributed by atoms with Crippen LogP contribution in [0.3, 0.4) is 0 Å². The number of amides is 1. The Morgan fingerprint density at radius 2 is 2.11 bits per heavy atom. The minimum absolute atomic E-state index is 0.0410. The van der Waals surface area contributed by atoms with Crippen LogP contribution in [0, 0.1) is 10.1 Å². The highest BCUT2D eigenvalue weighted by atomic mass is 16.6. The highest BCUT2D eigenvalue weighted by Gasteiger charge is 2.08. The third-order valence-electron chi connectivity index (χ3n) is 2.10. The van der Waals surface area contributed by atoms with Gasteiger partial charge in [-0.1, -0.05) is 0 Å². The molecule has 0 spiro atoms. The van der Waals surface area contributed by atoms with Crippen LogP contribution < -0.4 is 10.1 Å². The van der Waals surface area contributed by atoms with Gasteiger partial charge in [-0.15, -0.1) is 0 Å². The standard InChI is InChI=1S/C11H14N2O5/c1-8(6-14)12-11(15)7-18-10-4-2-9(3-5-10)13(16)17/h2-5,8,14H,6-7H2,1H3,(H,12,15)/t8-/m0/s1. The number of non-ortho nitro benzene ring substituents is 1. The van der Waals surface area contributed by atoms with E-state index in [0.29, 0.717) is 5.75 Å². The number of benzene rings is 1. The number of nitrogens with zero attached hydrogens (tertiary/aromatic N) is 1. The number of hydrogen-bond donors (Lipinski definition) is 2. The molecule has 2 N–H and O–H groups in total. The van der Waals surface area contributed by atoms with Gasteiger partial charge in [-0.25, -0.2) is 0 Å². The first-order valence-electron chi connectivity index (χ1n) is 5.30. The van der Waals surface area contributed by atoms with Gasteiger partial charge < -0.3 is 15.2 Å². The third-order valence-corrected chi connectivity index (χ3v) is 2.10. The molecule has 0 saturated carbocycles. The summed E-state index contributed by atoms with van der Waals surface area (Å²) in [6, 6.07) is 5.09. The molecule has 98 valence electrons. The van der Waals surface area contributed by atoms with Gasteiger partial charge in [0.15, 0.2) is 6.61 Å². The molecule has 0 aliphatic heterocycles. The lowest BCUT2D eigenvalue weighted by Crippen LogP contribution is -2.38. The number of rotatable bonds is 6. The summed E-state index contributed by atoms with van der Waals surface area (Å²) in [5.74, 6) is 0.00213. The van der Waals surface area contributed by atoms with Crippen molar-refractivity contribution in [3.8, 4) is 5.75 Å². The summed E-state index contributed by atoms with van der Waals surface area (Å²) in [5.41, 5.74) is -0.0410. The molecule has 0 radical (unpaired) electrons. The number of ether oxygens (including phenoxy) is 1. The predicted octanol–water partition coefficient (Wildman–Crippen LogP) is 0.471. The lowest BCUT2D eigenvalue weighted by atomic mass is 10.3. The maximum absolute atomic E-state index is 11.3. The van der Waals surface area contributed by atoms with E-state index in [2.05, 4.69) is 5.32 Å². The van der Waals surface area contributed by atoms with Crippen molar-refractivity contribution in [3.63, 3.8) is 0 Å². The highest BCUT2D eigenvalue weighted by Crippen LogP contribution is 2.16. The molecule has 0 bridgehead atoms. The van der Waals surface area contributed by atoms with Crippen LogP contribution >= 0.6 is 0 Å². The summed E-state index contributed by atoms with van der Waals surface area (Å²) in [6.45, 7) is 1.30. The molecule has 0 aliphatic carbocycles. The first kappa shape index (κ1) is 13.9. The zero-order chi connectivity index (χ0) is 13.5. The topological polar surface area (TPSA) is 102 Å². The monoisotopic (exact) mass is 254 g/mol. The van der Waals surface area contributed by atoms with Crippen LogP contribution in [0.4, 0.5) is 5.69 Å². The molecule has 0 heterocycles. The minimum atomic E-state index is -0.514. The minimum Gasteiger partial charge on any atom is -0.484 e. The average Bonchev–Trinajstić information content (AvgIpc) is 2.36. The van der Waals surface area contributed by atoms with Crippen molar-refractivity contribution in [2.24, 2.45) is 0 Å². The van der Waals surface area contributed by atoms with E-state index >= 15 is 0 Å². The Kier molecular flexibility index (Phi) is 5.06. The fraction of sp³-hybridized carbons (Fsp3) is 0.364. The van der Waals surface area contributed by atoms with Crippen molar-refractivity contribution in [3.05, 3.63) is 34.4 Å². The van der Waals surface area contributed by atoms with Gasteiger partial charge in [0.2, 0.25) is 0 Å². The second-order valence-electron chi connectivity index (χ2n) is 3.69. The van der Waals surface area contributed by atoms with Gasteiger partial charge in [-0.2, -0.15) is 0 Å². The smallest absolute Gasteiger partial charge is 0.269 e. The molecule has 1 amide bonds. The molecule has 1 aromatic rings. The van der Waals surface area contributed by atoms with Crippen LogP contribution in [0.15, 0.2) is 24.3 Å². The maximum atomic E-state index is 11.3. The molecule has 1 aromatic carbocycles. The molecule has 7 nitrogen and oxygen atoms in total. The number of aliphatic hydroxyl groups excluding tert-OH is 1. The van der Waals surface area contributed by atoms with Crippen LogP contribution in [0.25, 0.3) is 0 Å². The van der Waals surface area contributed by atoms with Crippen molar-refractivity contribution >= 4 is 11.6 Å². The van der Waals surface area contributed by atoms with Gasteiger partial charge in [-0.05, 0) is 19.1 Å². The van der Waals surface area contributed by atoms with Gasteiger partial charge in [0.05, 0.1) is 11.5 Å². The summed E-state index contributed by atoms with van der Waals surface area (Å²) in [6.07, 6.45) is 0. The molecule has 0 saturated heterocycles. The zero-order valence-electron chi connectivity index (χ0n) is 9.83. The molecule has 0 unspecified atom stereocenters. The number of carbonyl (C=O) groups is 1. The molecular formula is C11H14N2O5. The van der Waals surface area contributed by atoms with Gasteiger partial charge in [0.1, 0.15) is 5.75 Å². The lowest BCUT2D eigenvalue weighted by Gasteiger charge is -2.11. The molecular weight excluding hydrogens is 240 g/mol. The van der Waals surface area contributed by atoms with E-state index in [4.69, 9.17) is 9.84 Å². The van der Waals surface area contributed by atoms with Crippen LogP contribution in [-0.2, 0) is 4.79 Å². The van der Waals surface area contributed by atoms with E-state index in [1.165, 1.54) is 24.3 Å². The van der Waals surface area contributed by atoms with Crippen LogP contribution in [-0.4, -0.2) is 35.2 Å². The van der Waals surface area contributed by atoms with Crippen LogP contribution in [0.2, 0.25) is 0 Å². The van der Waals surface area contributed by atoms with Crippen molar-refractivity contribution in [2.75, 3.05) is 13.2 Å². The van der Waals surface area contributed by atoms with Crippen molar-refractivity contribution in [2.45, 2.75) is 13.0 Å². The number of nitro benzene ring substituents is 1. The normalized spacial score (nSPS) is 11.7. The van der Waals surface area contributed by atoms with Gasteiger partial charge in [0.25, 0.3) is 11.6 Å². The van der Waals surface area contributed by atoms with Crippen LogP contribution in [0.5, 0.6) is 5.75 Å². The Hall–Kier alpha value is -2.15. The van der Waals surface area contributed by atoms with Gasteiger partial charge in [0, 0.05) is 18.2 Å². The third kappa shape index (κ3) is 4.38. The second-order valence-corrected chi connectivity index (χ2v) is 3.69. The SMILES string of the molecule is C[C@@H](CO)NC(=O)COc1ccc([N+](=O)[O-])cc1. The molecule has 1 rings (SSSR count). The van der Waals surface area contributed by atoms with Crippen molar-refractivity contribution in [1.82, 2.24) is 5.32 Å². The largest absolute Gasteiger partial charge is 0.484 e. The number of aliphatic hydroxyl groups is 1. The summed E-state index contributed by atoms with van der Waals surface area (Å²) in [7, 11) is 0. The fourth-order valence-electron chi connectivity index (χ4n) is 1.18. The van der Waals surface area contributed by atoms with Gasteiger partial charge in [-0.3, -0.25) is 14.9 Å². The fourth-order valence-corrected chi connectivity index (χ4v) is 1.18.